The lowest BCUT2D eigenvalue weighted by Gasteiger charge is -2.28. The number of hydrogen-bond donors (Lipinski definition) is 1. The van der Waals surface area contributed by atoms with E-state index in [2.05, 4.69) is 4.98 Å². The van der Waals surface area contributed by atoms with Crippen LogP contribution >= 0.6 is 13.5 Å². The zero-order valence-electron chi connectivity index (χ0n) is 16.9. The summed E-state index contributed by atoms with van der Waals surface area (Å²) >= 11 is 0. The average molecular weight is 404 g/mol. The molecule has 4 rings (SSSR count). The number of likely N-dealkylation sites (tertiary alicyclic amines) is 1. The van der Waals surface area contributed by atoms with Crippen LogP contribution in [0.15, 0.2) is 30.5 Å². The zero-order valence-corrected chi connectivity index (χ0v) is 17.9. The first-order valence-electron chi connectivity index (χ1n) is 9.51. The molecule has 1 saturated carbocycles. The maximum Gasteiger partial charge on any atom is 0.410 e. The molecule has 1 aliphatic carbocycles. The lowest BCUT2D eigenvalue weighted by Crippen LogP contribution is -2.37. The summed E-state index contributed by atoms with van der Waals surface area (Å²) < 4.78 is 6.68. The molecular weight excluding hydrogens is 374 g/mol. The van der Waals surface area contributed by atoms with Crippen LogP contribution in [-0.2, 0) is 4.74 Å². The number of rotatable bonds is 2. The third-order valence-corrected chi connectivity index (χ3v) is 5.45. The average Bonchev–Trinajstić information content (AvgIpc) is 3.04. The molecule has 2 aromatic rings. The summed E-state index contributed by atoms with van der Waals surface area (Å²) in [6, 6.07) is 7.75. The van der Waals surface area contributed by atoms with Gasteiger partial charge in [0.05, 0.1) is 17.9 Å². The Labute approximate surface area is 172 Å². The van der Waals surface area contributed by atoms with Crippen LogP contribution in [0.5, 0.6) is 0 Å². The van der Waals surface area contributed by atoms with Crippen LogP contribution in [0.3, 0.4) is 0 Å². The van der Waals surface area contributed by atoms with Crippen molar-refractivity contribution < 1.29 is 14.7 Å². The van der Waals surface area contributed by atoms with Crippen molar-refractivity contribution >= 4 is 19.6 Å². The maximum atomic E-state index is 12.8. The maximum absolute atomic E-state index is 12.8. The second-order valence-electron chi connectivity index (χ2n) is 9.02. The van der Waals surface area contributed by atoms with E-state index in [4.69, 9.17) is 4.74 Å². The first-order chi connectivity index (χ1) is 12.7. The van der Waals surface area contributed by atoms with E-state index in [1.165, 1.54) is 5.56 Å². The number of carbonyl (C=O) groups excluding carboxylic acids is 1. The number of benzene rings is 1. The van der Waals surface area contributed by atoms with Crippen LogP contribution < -0.4 is 0 Å². The second-order valence-corrected chi connectivity index (χ2v) is 9.02. The van der Waals surface area contributed by atoms with Crippen molar-refractivity contribution in [2.24, 2.45) is 5.41 Å². The summed E-state index contributed by atoms with van der Waals surface area (Å²) in [5.41, 5.74) is 2.43. The fraction of sp³-hybridized carbons (Fsp3) is 0.524. The Kier molecular flexibility index (Phi) is 5.17. The molecule has 28 heavy (non-hydrogen) atoms. The minimum Gasteiger partial charge on any atom is -0.444 e. The number of imidazole rings is 1. The number of aryl methyl sites for hydroxylation is 1. The van der Waals surface area contributed by atoms with E-state index in [0.717, 1.165) is 29.6 Å². The first-order valence-corrected chi connectivity index (χ1v) is 9.51. The van der Waals surface area contributed by atoms with E-state index in [1.807, 2.05) is 52.0 Å². The molecule has 1 aromatic heterocycles. The highest BCUT2D eigenvalue weighted by molar-refractivity contribution is 7.59. The van der Waals surface area contributed by atoms with E-state index in [1.54, 1.807) is 11.1 Å². The molecule has 1 N–H and O–H groups in total. The lowest BCUT2D eigenvalue weighted by molar-refractivity contribution is 0.0194. The molecule has 1 atom stereocenters. The molecule has 2 aliphatic rings. The van der Waals surface area contributed by atoms with Crippen molar-refractivity contribution in [1.82, 2.24) is 14.6 Å². The van der Waals surface area contributed by atoms with Crippen molar-refractivity contribution in [2.45, 2.75) is 58.6 Å². The fourth-order valence-corrected chi connectivity index (χ4v) is 3.81. The van der Waals surface area contributed by atoms with Gasteiger partial charge in [-0.3, -0.25) is 4.90 Å². The van der Waals surface area contributed by atoms with Crippen molar-refractivity contribution in [3.8, 4) is 11.3 Å². The SMILES string of the molecule is Cc1ccc(-c2cn(O)c([C@@H]3CC4(CC4)CN3C(=O)OC(C)(C)C)n2)cc1.S. The van der Waals surface area contributed by atoms with E-state index in [9.17, 15) is 10.0 Å². The summed E-state index contributed by atoms with van der Waals surface area (Å²) in [6.07, 6.45) is 4.32. The van der Waals surface area contributed by atoms with Gasteiger partial charge in [0.25, 0.3) is 0 Å². The topological polar surface area (TPSA) is 67.6 Å². The standard InChI is InChI=1S/C21H27N3O3.H2S/c1-14-5-7-15(8-6-14)16-12-24(26)18(22-16)17-11-21(9-10-21)13-23(17)19(25)27-20(2,3)4;/h5-8,12,17,26H,9-11,13H2,1-4H3;1H2/t17-;/m0./s1. The highest BCUT2D eigenvalue weighted by atomic mass is 32.1. The molecule has 1 amide bonds. The molecule has 0 unspecified atom stereocenters. The molecule has 2 fully saturated rings. The van der Waals surface area contributed by atoms with E-state index < -0.39 is 5.60 Å². The summed E-state index contributed by atoms with van der Waals surface area (Å²) in [5.74, 6) is 0.500. The molecule has 2 heterocycles. The molecule has 6 nitrogen and oxygen atoms in total. The highest BCUT2D eigenvalue weighted by Gasteiger charge is 2.55. The van der Waals surface area contributed by atoms with Gasteiger partial charge in [0.15, 0.2) is 5.82 Å². The normalized spacial score (nSPS) is 20.1. The number of carbonyl (C=O) groups is 1. The van der Waals surface area contributed by atoms with Crippen LogP contribution in [-0.4, -0.2) is 38.1 Å². The molecule has 1 aliphatic heterocycles. The van der Waals surface area contributed by atoms with E-state index >= 15 is 0 Å². The Hall–Kier alpha value is -2.15. The predicted molar refractivity (Wildman–Crippen MR) is 112 cm³/mol. The Morgan fingerprint density at radius 1 is 1.25 bits per heavy atom. The Morgan fingerprint density at radius 2 is 1.89 bits per heavy atom. The highest BCUT2D eigenvalue weighted by Crippen LogP contribution is 2.58. The molecule has 0 radical (unpaired) electrons. The zero-order chi connectivity index (χ0) is 19.4. The van der Waals surface area contributed by atoms with Crippen LogP contribution in [0.4, 0.5) is 4.79 Å². The molecule has 0 bridgehead atoms. The minimum absolute atomic E-state index is 0. The summed E-state index contributed by atoms with van der Waals surface area (Å²) in [4.78, 5) is 19.2. The van der Waals surface area contributed by atoms with Gasteiger partial charge in [0, 0.05) is 12.1 Å². The number of hydrogen-bond acceptors (Lipinski definition) is 4. The van der Waals surface area contributed by atoms with Crippen molar-refractivity contribution in [3.63, 3.8) is 0 Å². The molecule has 1 spiro atoms. The molecule has 7 heteroatoms. The van der Waals surface area contributed by atoms with Crippen LogP contribution in [0.25, 0.3) is 11.3 Å². The number of amides is 1. The molecule has 1 saturated heterocycles. The largest absolute Gasteiger partial charge is 0.444 e. The van der Waals surface area contributed by atoms with Crippen LogP contribution in [0.2, 0.25) is 0 Å². The minimum atomic E-state index is -0.553. The smallest absolute Gasteiger partial charge is 0.410 e. The monoisotopic (exact) mass is 403 g/mol. The van der Waals surface area contributed by atoms with E-state index in [-0.39, 0.29) is 31.0 Å². The van der Waals surface area contributed by atoms with Gasteiger partial charge >= 0.3 is 6.09 Å². The second kappa shape index (κ2) is 7.03. The van der Waals surface area contributed by atoms with Gasteiger partial charge in [-0.05, 0) is 52.4 Å². The quantitative estimate of drug-likeness (QED) is 0.740. The van der Waals surface area contributed by atoms with Crippen LogP contribution in [0.1, 0.15) is 57.5 Å². The number of nitrogens with zero attached hydrogens (tertiary/aromatic N) is 3. The summed E-state index contributed by atoms with van der Waals surface area (Å²) in [6.45, 7) is 8.30. The lowest BCUT2D eigenvalue weighted by atomic mass is 10.0. The molecule has 1 aromatic carbocycles. The van der Waals surface area contributed by atoms with Gasteiger partial charge in [-0.1, -0.05) is 29.8 Å². The van der Waals surface area contributed by atoms with Gasteiger partial charge in [-0.25, -0.2) is 9.78 Å². The van der Waals surface area contributed by atoms with Crippen LogP contribution in [0, 0.1) is 12.3 Å². The summed E-state index contributed by atoms with van der Waals surface area (Å²) in [5, 5.41) is 10.5. The number of ether oxygens (including phenoxy) is 1. The number of aromatic nitrogens is 2. The Morgan fingerprint density at radius 3 is 2.46 bits per heavy atom. The van der Waals surface area contributed by atoms with Gasteiger partial charge in [0.2, 0.25) is 0 Å². The summed E-state index contributed by atoms with van der Waals surface area (Å²) in [7, 11) is 0. The molecule has 152 valence electrons. The third-order valence-electron chi connectivity index (χ3n) is 5.45. The van der Waals surface area contributed by atoms with Crippen molar-refractivity contribution in [1.29, 1.82) is 0 Å². The van der Waals surface area contributed by atoms with Gasteiger partial charge in [-0.2, -0.15) is 18.2 Å². The predicted octanol–water partition coefficient (Wildman–Crippen LogP) is 4.67. The Bertz CT molecular complexity index is 866. The van der Waals surface area contributed by atoms with E-state index in [0.29, 0.717) is 18.1 Å². The van der Waals surface area contributed by atoms with Gasteiger partial charge in [-0.15, -0.1) is 0 Å². The van der Waals surface area contributed by atoms with Crippen molar-refractivity contribution in [3.05, 3.63) is 41.9 Å². The van der Waals surface area contributed by atoms with Gasteiger partial charge in [0.1, 0.15) is 5.60 Å². The van der Waals surface area contributed by atoms with Gasteiger partial charge < -0.3 is 9.94 Å². The molecular formula is C21H29N3O3S. The first kappa shape index (κ1) is 20.6. The Balaban J connectivity index is 0.00000225. The van der Waals surface area contributed by atoms with Crippen molar-refractivity contribution in [2.75, 3.05) is 6.54 Å². The fourth-order valence-electron chi connectivity index (χ4n) is 3.81. The third kappa shape index (κ3) is 3.99.